The van der Waals surface area contributed by atoms with Crippen molar-refractivity contribution in [2.75, 3.05) is 25.0 Å². The summed E-state index contributed by atoms with van der Waals surface area (Å²) in [5.74, 6) is -0.329. The van der Waals surface area contributed by atoms with Gasteiger partial charge in [-0.3, -0.25) is 9.59 Å². The smallest absolute Gasteiger partial charge is 0.249 e. The number of halogens is 1. The van der Waals surface area contributed by atoms with Gasteiger partial charge in [0, 0.05) is 29.3 Å². The van der Waals surface area contributed by atoms with Crippen LogP contribution in [0.25, 0.3) is 0 Å². The SMILES string of the molecule is CCN(C)C(=O)CN1C(=O)C(N)c2cc(Br)ccc21. The molecule has 1 atom stereocenters. The van der Waals surface area contributed by atoms with Crippen molar-refractivity contribution < 1.29 is 9.59 Å². The number of anilines is 1. The number of nitrogens with zero attached hydrogens (tertiary/aromatic N) is 2. The monoisotopic (exact) mass is 325 g/mol. The molecule has 1 unspecified atom stereocenters. The molecule has 19 heavy (non-hydrogen) atoms. The molecule has 1 heterocycles. The average molecular weight is 326 g/mol. The maximum Gasteiger partial charge on any atom is 0.249 e. The van der Waals surface area contributed by atoms with Gasteiger partial charge in [0.25, 0.3) is 0 Å². The molecule has 0 spiro atoms. The van der Waals surface area contributed by atoms with Crippen LogP contribution in [0.5, 0.6) is 0 Å². The van der Waals surface area contributed by atoms with E-state index in [4.69, 9.17) is 5.73 Å². The van der Waals surface area contributed by atoms with Gasteiger partial charge in [0.15, 0.2) is 0 Å². The molecule has 0 radical (unpaired) electrons. The fraction of sp³-hybridized carbons (Fsp3) is 0.385. The number of benzene rings is 1. The molecule has 1 aromatic carbocycles. The number of fused-ring (bicyclic) bond motifs is 1. The second kappa shape index (κ2) is 5.30. The molecule has 0 saturated carbocycles. The zero-order valence-corrected chi connectivity index (χ0v) is 12.5. The van der Waals surface area contributed by atoms with E-state index in [1.54, 1.807) is 11.9 Å². The molecule has 102 valence electrons. The summed E-state index contributed by atoms with van der Waals surface area (Å²) in [6.45, 7) is 2.53. The van der Waals surface area contributed by atoms with Crippen LogP contribution in [0.15, 0.2) is 22.7 Å². The second-order valence-corrected chi connectivity index (χ2v) is 5.43. The summed E-state index contributed by atoms with van der Waals surface area (Å²) in [5, 5.41) is 0. The zero-order chi connectivity index (χ0) is 14.2. The number of likely N-dealkylation sites (N-methyl/N-ethyl adjacent to an activating group) is 1. The summed E-state index contributed by atoms with van der Waals surface area (Å²) in [6.07, 6.45) is 0. The van der Waals surface area contributed by atoms with Crippen molar-refractivity contribution in [1.82, 2.24) is 4.90 Å². The van der Waals surface area contributed by atoms with Gasteiger partial charge < -0.3 is 15.5 Å². The van der Waals surface area contributed by atoms with Crippen LogP contribution in [0.2, 0.25) is 0 Å². The molecule has 2 N–H and O–H groups in total. The molecule has 2 rings (SSSR count). The lowest BCUT2D eigenvalue weighted by Gasteiger charge is -2.21. The Labute approximate surface area is 120 Å². The van der Waals surface area contributed by atoms with Crippen molar-refractivity contribution in [1.29, 1.82) is 0 Å². The first-order chi connectivity index (χ1) is 8.95. The van der Waals surface area contributed by atoms with E-state index in [2.05, 4.69) is 15.9 Å². The Bertz CT molecular complexity index is 533. The van der Waals surface area contributed by atoms with Crippen LogP contribution in [0, 0.1) is 0 Å². The van der Waals surface area contributed by atoms with Crippen molar-refractivity contribution in [2.45, 2.75) is 13.0 Å². The van der Waals surface area contributed by atoms with Gasteiger partial charge >= 0.3 is 0 Å². The Morgan fingerprint density at radius 3 is 2.84 bits per heavy atom. The summed E-state index contributed by atoms with van der Waals surface area (Å²) >= 11 is 3.36. The first kappa shape index (κ1) is 14.0. The van der Waals surface area contributed by atoms with Gasteiger partial charge in [0.1, 0.15) is 12.6 Å². The lowest BCUT2D eigenvalue weighted by molar-refractivity contribution is -0.130. The first-order valence-corrected chi connectivity index (χ1v) is 6.85. The average Bonchev–Trinajstić information content (AvgIpc) is 2.62. The molecule has 0 saturated heterocycles. The summed E-state index contributed by atoms with van der Waals surface area (Å²) in [5.41, 5.74) is 7.37. The van der Waals surface area contributed by atoms with Gasteiger partial charge in [-0.05, 0) is 25.1 Å². The van der Waals surface area contributed by atoms with E-state index < -0.39 is 6.04 Å². The highest BCUT2D eigenvalue weighted by Gasteiger charge is 2.36. The van der Waals surface area contributed by atoms with Gasteiger partial charge in [-0.25, -0.2) is 0 Å². The van der Waals surface area contributed by atoms with Crippen LogP contribution in [-0.2, 0) is 9.59 Å². The Morgan fingerprint density at radius 2 is 2.21 bits per heavy atom. The molecule has 2 amide bonds. The van der Waals surface area contributed by atoms with Gasteiger partial charge in [0.2, 0.25) is 11.8 Å². The molecular formula is C13H16BrN3O2. The van der Waals surface area contributed by atoms with Crippen molar-refractivity contribution >= 4 is 33.4 Å². The summed E-state index contributed by atoms with van der Waals surface area (Å²) < 4.78 is 0.869. The Morgan fingerprint density at radius 1 is 1.53 bits per heavy atom. The molecule has 1 aromatic rings. The van der Waals surface area contributed by atoms with Crippen LogP contribution in [0.3, 0.4) is 0 Å². The maximum atomic E-state index is 12.1. The fourth-order valence-electron chi connectivity index (χ4n) is 2.04. The normalized spacial score (nSPS) is 17.6. The number of carbonyl (C=O) groups is 2. The zero-order valence-electron chi connectivity index (χ0n) is 10.9. The summed E-state index contributed by atoms with van der Waals surface area (Å²) in [7, 11) is 1.71. The van der Waals surface area contributed by atoms with E-state index in [0.717, 1.165) is 15.7 Å². The Balaban J connectivity index is 2.29. The molecule has 1 aliphatic heterocycles. The fourth-order valence-corrected chi connectivity index (χ4v) is 2.41. The molecular weight excluding hydrogens is 310 g/mol. The van der Waals surface area contributed by atoms with Gasteiger partial charge in [0.05, 0.1) is 0 Å². The lowest BCUT2D eigenvalue weighted by atomic mass is 10.1. The number of hydrogen-bond donors (Lipinski definition) is 1. The summed E-state index contributed by atoms with van der Waals surface area (Å²) in [6, 6.07) is 4.78. The standard InChI is InChI=1S/C13H16BrN3O2/c1-3-16(2)11(18)7-17-10-5-4-8(14)6-9(10)12(15)13(17)19/h4-6,12H,3,7,15H2,1-2H3. The molecule has 0 bridgehead atoms. The van der Waals surface area contributed by atoms with Crippen LogP contribution >= 0.6 is 15.9 Å². The minimum atomic E-state index is -0.688. The van der Waals surface area contributed by atoms with Gasteiger partial charge in [-0.15, -0.1) is 0 Å². The third kappa shape index (κ3) is 2.50. The van der Waals surface area contributed by atoms with Crippen LogP contribution in [0.4, 0.5) is 5.69 Å². The molecule has 0 aliphatic carbocycles. The third-order valence-corrected chi connectivity index (χ3v) is 3.83. The number of amides is 2. The van der Waals surface area contributed by atoms with Crippen molar-refractivity contribution in [3.63, 3.8) is 0 Å². The van der Waals surface area contributed by atoms with Crippen LogP contribution in [-0.4, -0.2) is 36.9 Å². The number of carbonyl (C=O) groups excluding carboxylic acids is 2. The predicted molar refractivity (Wildman–Crippen MR) is 76.7 cm³/mol. The highest BCUT2D eigenvalue weighted by atomic mass is 79.9. The van der Waals surface area contributed by atoms with Crippen molar-refractivity contribution in [3.05, 3.63) is 28.2 Å². The molecule has 1 aliphatic rings. The van der Waals surface area contributed by atoms with E-state index in [1.807, 2.05) is 25.1 Å². The topological polar surface area (TPSA) is 66.6 Å². The highest BCUT2D eigenvalue weighted by molar-refractivity contribution is 9.10. The van der Waals surface area contributed by atoms with E-state index in [0.29, 0.717) is 6.54 Å². The molecule has 0 fully saturated rings. The minimum Gasteiger partial charge on any atom is -0.344 e. The molecule has 0 aromatic heterocycles. The lowest BCUT2D eigenvalue weighted by Crippen LogP contribution is -2.41. The molecule has 6 heteroatoms. The minimum absolute atomic E-state index is 0.0332. The van der Waals surface area contributed by atoms with E-state index >= 15 is 0 Å². The predicted octanol–water partition coefficient (Wildman–Crippen LogP) is 1.27. The van der Waals surface area contributed by atoms with Crippen molar-refractivity contribution in [3.8, 4) is 0 Å². The number of nitrogens with two attached hydrogens (primary N) is 1. The van der Waals surface area contributed by atoms with Crippen LogP contribution < -0.4 is 10.6 Å². The molecule has 5 nitrogen and oxygen atoms in total. The van der Waals surface area contributed by atoms with E-state index in [1.165, 1.54) is 4.90 Å². The largest absolute Gasteiger partial charge is 0.344 e. The van der Waals surface area contributed by atoms with Crippen LogP contribution in [0.1, 0.15) is 18.5 Å². The Kier molecular flexibility index (Phi) is 3.91. The first-order valence-electron chi connectivity index (χ1n) is 6.06. The van der Waals surface area contributed by atoms with E-state index in [9.17, 15) is 9.59 Å². The summed E-state index contributed by atoms with van der Waals surface area (Å²) in [4.78, 5) is 27.1. The quantitative estimate of drug-likeness (QED) is 0.910. The Hall–Kier alpha value is -1.40. The number of rotatable bonds is 3. The highest BCUT2D eigenvalue weighted by Crippen LogP contribution is 2.36. The van der Waals surface area contributed by atoms with Gasteiger partial charge in [-0.2, -0.15) is 0 Å². The van der Waals surface area contributed by atoms with Gasteiger partial charge in [-0.1, -0.05) is 15.9 Å². The maximum absolute atomic E-state index is 12.1. The second-order valence-electron chi connectivity index (χ2n) is 4.51. The van der Waals surface area contributed by atoms with Crippen molar-refractivity contribution in [2.24, 2.45) is 5.73 Å². The number of hydrogen-bond acceptors (Lipinski definition) is 3. The van der Waals surface area contributed by atoms with E-state index in [-0.39, 0.29) is 18.4 Å². The third-order valence-electron chi connectivity index (χ3n) is 3.34.